The molecule has 2 aliphatic rings. The third-order valence-corrected chi connectivity index (χ3v) is 6.17. The van der Waals surface area contributed by atoms with Gasteiger partial charge >= 0.3 is 0 Å². The largest absolute Gasteiger partial charge is 0.367 e. The molecule has 0 radical (unpaired) electrons. The minimum absolute atomic E-state index is 0.0319. The first-order valence-corrected chi connectivity index (χ1v) is 9.73. The van der Waals surface area contributed by atoms with Gasteiger partial charge in [-0.05, 0) is 63.1 Å². The predicted octanol–water partition coefficient (Wildman–Crippen LogP) is 4.80. The van der Waals surface area contributed by atoms with Gasteiger partial charge in [0.05, 0.1) is 0 Å². The van der Waals surface area contributed by atoms with Gasteiger partial charge in [0.15, 0.2) is 0 Å². The Morgan fingerprint density at radius 2 is 1.96 bits per heavy atom. The molecule has 1 heterocycles. The molecule has 0 spiro atoms. The van der Waals surface area contributed by atoms with Crippen molar-refractivity contribution in [2.75, 3.05) is 11.4 Å². The summed E-state index contributed by atoms with van der Waals surface area (Å²) in [6, 6.07) is 18.5. The second-order valence-corrected chi connectivity index (χ2v) is 8.42. The van der Waals surface area contributed by atoms with Crippen molar-refractivity contribution in [3.63, 3.8) is 0 Å². The summed E-state index contributed by atoms with van der Waals surface area (Å²) in [4.78, 5) is 2.69. The molecule has 2 nitrogen and oxygen atoms in total. The SMILES string of the molecule is Cc1ccc2c(c1)C1CC(C)(N)CCC[C@@H]1N2CCc1ccccc1. The van der Waals surface area contributed by atoms with Crippen LogP contribution < -0.4 is 10.6 Å². The first-order chi connectivity index (χ1) is 12.0. The Morgan fingerprint density at radius 1 is 1.16 bits per heavy atom. The summed E-state index contributed by atoms with van der Waals surface area (Å²) in [5.41, 5.74) is 12.4. The van der Waals surface area contributed by atoms with Crippen molar-refractivity contribution < 1.29 is 0 Å². The Balaban J connectivity index is 1.64. The molecule has 1 aliphatic heterocycles. The number of fused-ring (bicyclic) bond motifs is 3. The molecule has 3 atom stereocenters. The number of aryl methyl sites for hydroxylation is 1. The molecule has 0 amide bonds. The van der Waals surface area contributed by atoms with E-state index in [0.717, 1.165) is 25.8 Å². The van der Waals surface area contributed by atoms with E-state index >= 15 is 0 Å². The van der Waals surface area contributed by atoms with Gasteiger partial charge in [-0.15, -0.1) is 0 Å². The summed E-state index contributed by atoms with van der Waals surface area (Å²) in [5.74, 6) is 0.586. The molecular weight excluding hydrogens is 304 g/mol. The molecule has 0 bridgehead atoms. The number of anilines is 1. The van der Waals surface area contributed by atoms with Crippen LogP contribution in [0.25, 0.3) is 0 Å². The van der Waals surface area contributed by atoms with E-state index in [1.54, 1.807) is 0 Å². The highest BCUT2D eigenvalue weighted by atomic mass is 15.2. The van der Waals surface area contributed by atoms with E-state index in [9.17, 15) is 0 Å². The van der Waals surface area contributed by atoms with Gasteiger partial charge in [0, 0.05) is 29.7 Å². The summed E-state index contributed by atoms with van der Waals surface area (Å²) < 4.78 is 0. The smallest absolute Gasteiger partial charge is 0.0405 e. The lowest BCUT2D eigenvalue weighted by Gasteiger charge is -2.30. The quantitative estimate of drug-likeness (QED) is 0.873. The molecular formula is C23H30N2. The molecule has 1 saturated carbocycles. The molecule has 2 N–H and O–H groups in total. The highest BCUT2D eigenvalue weighted by Crippen LogP contribution is 2.48. The normalized spacial score (nSPS) is 28.4. The third-order valence-electron chi connectivity index (χ3n) is 6.17. The average molecular weight is 335 g/mol. The van der Waals surface area contributed by atoms with Crippen molar-refractivity contribution in [1.82, 2.24) is 0 Å². The maximum absolute atomic E-state index is 6.62. The molecule has 0 saturated heterocycles. The van der Waals surface area contributed by atoms with E-state index in [2.05, 4.69) is 67.3 Å². The number of hydrogen-bond donors (Lipinski definition) is 1. The first kappa shape index (κ1) is 16.7. The highest BCUT2D eigenvalue weighted by Gasteiger charge is 2.42. The van der Waals surface area contributed by atoms with Gasteiger partial charge in [0.25, 0.3) is 0 Å². The van der Waals surface area contributed by atoms with Gasteiger partial charge in [-0.25, -0.2) is 0 Å². The van der Waals surface area contributed by atoms with Crippen molar-refractivity contribution in [2.45, 2.75) is 63.5 Å². The summed E-state index contributed by atoms with van der Waals surface area (Å²) in [5, 5.41) is 0. The molecule has 4 rings (SSSR count). The molecule has 2 aromatic carbocycles. The molecule has 1 aliphatic carbocycles. The van der Waals surface area contributed by atoms with Gasteiger partial charge < -0.3 is 10.6 Å². The fourth-order valence-electron chi connectivity index (χ4n) is 4.94. The average Bonchev–Trinajstić information content (AvgIpc) is 2.75. The van der Waals surface area contributed by atoms with Crippen LogP contribution in [0.4, 0.5) is 5.69 Å². The molecule has 25 heavy (non-hydrogen) atoms. The zero-order valence-electron chi connectivity index (χ0n) is 15.5. The van der Waals surface area contributed by atoms with E-state index in [1.165, 1.54) is 35.2 Å². The number of rotatable bonds is 3. The maximum atomic E-state index is 6.62. The van der Waals surface area contributed by atoms with Crippen LogP contribution in [0.5, 0.6) is 0 Å². The lowest BCUT2D eigenvalue weighted by atomic mass is 9.83. The van der Waals surface area contributed by atoms with E-state index in [4.69, 9.17) is 5.73 Å². The number of nitrogens with zero attached hydrogens (tertiary/aromatic N) is 1. The van der Waals surface area contributed by atoms with Crippen LogP contribution in [-0.2, 0) is 6.42 Å². The minimum atomic E-state index is -0.0319. The summed E-state index contributed by atoms with van der Waals surface area (Å²) in [6.07, 6.45) is 5.86. The molecule has 2 heteroatoms. The third kappa shape index (κ3) is 3.32. The Labute approximate surface area is 152 Å². The first-order valence-electron chi connectivity index (χ1n) is 9.73. The lowest BCUT2D eigenvalue weighted by molar-refractivity contribution is 0.383. The Bertz CT molecular complexity index is 735. The van der Waals surface area contributed by atoms with Gasteiger partial charge in [0.2, 0.25) is 0 Å². The van der Waals surface area contributed by atoms with Crippen LogP contribution in [0, 0.1) is 6.92 Å². The summed E-state index contributed by atoms with van der Waals surface area (Å²) >= 11 is 0. The van der Waals surface area contributed by atoms with Crippen LogP contribution in [0.2, 0.25) is 0 Å². The zero-order chi connectivity index (χ0) is 17.4. The van der Waals surface area contributed by atoms with E-state index in [-0.39, 0.29) is 5.54 Å². The molecule has 1 fully saturated rings. The van der Waals surface area contributed by atoms with Crippen LogP contribution in [0.1, 0.15) is 55.2 Å². The molecule has 132 valence electrons. The Morgan fingerprint density at radius 3 is 2.76 bits per heavy atom. The maximum Gasteiger partial charge on any atom is 0.0405 e. The van der Waals surface area contributed by atoms with Crippen molar-refractivity contribution >= 4 is 5.69 Å². The molecule has 2 unspecified atom stereocenters. The van der Waals surface area contributed by atoms with Crippen LogP contribution in [0.3, 0.4) is 0 Å². The van der Waals surface area contributed by atoms with Gasteiger partial charge in [-0.3, -0.25) is 0 Å². The van der Waals surface area contributed by atoms with Crippen molar-refractivity contribution in [1.29, 1.82) is 0 Å². The summed E-state index contributed by atoms with van der Waals surface area (Å²) in [6.45, 7) is 5.56. The highest BCUT2D eigenvalue weighted by molar-refractivity contribution is 5.63. The topological polar surface area (TPSA) is 29.3 Å². The Hall–Kier alpha value is -1.80. The fraction of sp³-hybridized carbons (Fsp3) is 0.478. The molecule has 0 aromatic heterocycles. The van der Waals surface area contributed by atoms with Crippen LogP contribution in [0.15, 0.2) is 48.5 Å². The minimum Gasteiger partial charge on any atom is -0.367 e. The van der Waals surface area contributed by atoms with Crippen molar-refractivity contribution in [3.8, 4) is 0 Å². The van der Waals surface area contributed by atoms with Gasteiger partial charge in [-0.1, -0.05) is 48.0 Å². The lowest BCUT2D eigenvalue weighted by Crippen LogP contribution is -2.39. The van der Waals surface area contributed by atoms with E-state index in [0.29, 0.717) is 12.0 Å². The Kier molecular flexibility index (Phi) is 4.33. The van der Waals surface area contributed by atoms with Gasteiger partial charge in [-0.2, -0.15) is 0 Å². The van der Waals surface area contributed by atoms with Crippen LogP contribution in [-0.4, -0.2) is 18.1 Å². The second-order valence-electron chi connectivity index (χ2n) is 8.42. The van der Waals surface area contributed by atoms with Crippen LogP contribution >= 0.6 is 0 Å². The fourth-order valence-corrected chi connectivity index (χ4v) is 4.94. The number of nitrogens with two attached hydrogens (primary N) is 1. The predicted molar refractivity (Wildman–Crippen MR) is 106 cm³/mol. The van der Waals surface area contributed by atoms with E-state index in [1.807, 2.05) is 0 Å². The van der Waals surface area contributed by atoms with E-state index < -0.39 is 0 Å². The van der Waals surface area contributed by atoms with Crippen molar-refractivity contribution in [2.24, 2.45) is 5.73 Å². The standard InChI is InChI=1S/C23H30N2/c1-17-10-11-22-19(15-17)20-16-23(2,24)13-6-9-21(20)25(22)14-12-18-7-4-3-5-8-18/h3-5,7-8,10-11,15,20-21H,6,9,12-14,16,24H2,1-2H3/t20?,21-,23?/m0/s1. The molecule has 2 aromatic rings. The van der Waals surface area contributed by atoms with Crippen molar-refractivity contribution in [3.05, 3.63) is 65.2 Å². The summed E-state index contributed by atoms with van der Waals surface area (Å²) in [7, 11) is 0. The van der Waals surface area contributed by atoms with Gasteiger partial charge in [0.1, 0.15) is 0 Å². The monoisotopic (exact) mass is 334 g/mol. The number of hydrogen-bond acceptors (Lipinski definition) is 2. The second kappa shape index (κ2) is 6.49. The number of benzene rings is 2. The zero-order valence-corrected chi connectivity index (χ0v) is 15.5.